The molecule has 1 aromatic rings. The lowest BCUT2D eigenvalue weighted by Gasteiger charge is -2.39. The fourth-order valence-electron chi connectivity index (χ4n) is 3.66. The number of rotatable bonds is 1. The number of nitrogens with two attached hydrogens (primary N) is 1. The number of hydrogen-bond donors (Lipinski definition) is 1. The third kappa shape index (κ3) is 1.93. The maximum Gasteiger partial charge on any atom is 0.124 e. The Bertz CT molecular complexity index is 456. The summed E-state index contributed by atoms with van der Waals surface area (Å²) in [6.07, 6.45) is 5.91. The molecule has 0 bridgehead atoms. The van der Waals surface area contributed by atoms with Crippen LogP contribution >= 0.6 is 0 Å². The summed E-state index contributed by atoms with van der Waals surface area (Å²) in [6, 6.07) is 6.55. The lowest BCUT2D eigenvalue weighted by Crippen LogP contribution is -2.41. The van der Waals surface area contributed by atoms with Gasteiger partial charge in [0.25, 0.3) is 0 Å². The molecule has 1 fully saturated rings. The smallest absolute Gasteiger partial charge is 0.124 e. The zero-order chi connectivity index (χ0) is 12.8. The first-order valence-corrected chi connectivity index (χ1v) is 7.17. The van der Waals surface area contributed by atoms with Gasteiger partial charge >= 0.3 is 0 Å². The van der Waals surface area contributed by atoms with Crippen molar-refractivity contribution in [2.75, 3.05) is 0 Å². The average Bonchev–Trinajstić information content (AvgIpc) is 2.73. The van der Waals surface area contributed by atoms with Crippen molar-refractivity contribution in [1.82, 2.24) is 0 Å². The zero-order valence-electron chi connectivity index (χ0n) is 11.4. The lowest BCUT2D eigenvalue weighted by atomic mass is 9.85. The van der Waals surface area contributed by atoms with Gasteiger partial charge in [-0.2, -0.15) is 0 Å². The molecule has 2 N–H and O–H groups in total. The summed E-state index contributed by atoms with van der Waals surface area (Å²) < 4.78 is 6.36. The van der Waals surface area contributed by atoms with E-state index >= 15 is 0 Å². The largest absolute Gasteiger partial charge is 0.487 e. The molecule has 0 aromatic heterocycles. The van der Waals surface area contributed by atoms with Crippen molar-refractivity contribution in [2.45, 2.75) is 57.6 Å². The van der Waals surface area contributed by atoms with Gasteiger partial charge in [-0.1, -0.05) is 31.0 Å². The van der Waals surface area contributed by atoms with Crippen LogP contribution in [0.25, 0.3) is 0 Å². The summed E-state index contributed by atoms with van der Waals surface area (Å²) in [5.74, 6) is 1.85. The second kappa shape index (κ2) is 4.27. The van der Waals surface area contributed by atoms with Crippen LogP contribution in [0.4, 0.5) is 0 Å². The Hall–Kier alpha value is -1.02. The molecule has 1 saturated carbocycles. The van der Waals surface area contributed by atoms with Gasteiger partial charge in [0.05, 0.1) is 0 Å². The van der Waals surface area contributed by atoms with Crippen molar-refractivity contribution in [3.8, 4) is 5.75 Å². The first kappa shape index (κ1) is 12.0. The van der Waals surface area contributed by atoms with E-state index in [-0.39, 0.29) is 11.6 Å². The van der Waals surface area contributed by atoms with Crippen LogP contribution in [0.5, 0.6) is 5.75 Å². The molecule has 2 heteroatoms. The van der Waals surface area contributed by atoms with E-state index in [1.54, 1.807) is 0 Å². The highest BCUT2D eigenvalue weighted by Gasteiger charge is 2.45. The van der Waals surface area contributed by atoms with Crippen molar-refractivity contribution in [2.24, 2.45) is 11.7 Å². The summed E-state index contributed by atoms with van der Waals surface area (Å²) >= 11 is 0. The third-order valence-corrected chi connectivity index (χ3v) is 4.73. The van der Waals surface area contributed by atoms with Gasteiger partial charge in [0.15, 0.2) is 0 Å². The molecule has 0 amide bonds. The molecular weight excluding hydrogens is 222 g/mol. The quantitative estimate of drug-likeness (QED) is 0.818. The van der Waals surface area contributed by atoms with Gasteiger partial charge in [-0.25, -0.2) is 0 Å². The zero-order valence-corrected chi connectivity index (χ0v) is 11.4. The maximum absolute atomic E-state index is 6.38. The molecule has 98 valence electrons. The highest BCUT2D eigenvalue weighted by atomic mass is 16.5. The molecule has 2 aliphatic rings. The fraction of sp³-hybridized carbons (Fsp3) is 0.625. The van der Waals surface area contributed by atoms with Gasteiger partial charge in [-0.3, -0.25) is 0 Å². The first-order chi connectivity index (χ1) is 8.62. The maximum atomic E-state index is 6.38. The minimum absolute atomic E-state index is 0.0301. The molecule has 2 unspecified atom stereocenters. The number of aryl methyl sites for hydroxylation is 1. The Labute approximate surface area is 110 Å². The molecule has 18 heavy (non-hydrogen) atoms. The SMILES string of the molecule is CCC1CCC2(C1)C[C@H](N)c1cc(C)ccc1O2. The molecule has 0 saturated heterocycles. The Morgan fingerprint density at radius 2 is 2.22 bits per heavy atom. The number of hydrogen-bond acceptors (Lipinski definition) is 2. The second-order valence-electron chi connectivity index (χ2n) is 6.15. The van der Waals surface area contributed by atoms with E-state index in [9.17, 15) is 0 Å². The van der Waals surface area contributed by atoms with E-state index in [2.05, 4.69) is 32.0 Å². The topological polar surface area (TPSA) is 35.2 Å². The molecule has 1 aliphatic heterocycles. The van der Waals surface area contributed by atoms with E-state index in [4.69, 9.17) is 10.5 Å². The Morgan fingerprint density at radius 1 is 1.39 bits per heavy atom. The van der Waals surface area contributed by atoms with Crippen LogP contribution in [0.2, 0.25) is 0 Å². The predicted molar refractivity (Wildman–Crippen MR) is 73.7 cm³/mol. The fourth-order valence-corrected chi connectivity index (χ4v) is 3.66. The van der Waals surface area contributed by atoms with Crippen LogP contribution in [0.1, 0.15) is 56.2 Å². The average molecular weight is 245 g/mol. The minimum Gasteiger partial charge on any atom is -0.487 e. The van der Waals surface area contributed by atoms with Crippen LogP contribution in [0, 0.1) is 12.8 Å². The summed E-state index contributed by atoms with van der Waals surface area (Å²) in [7, 11) is 0. The molecule has 3 rings (SSSR count). The molecule has 0 radical (unpaired) electrons. The van der Waals surface area contributed by atoms with Gasteiger partial charge in [0.2, 0.25) is 0 Å². The van der Waals surface area contributed by atoms with E-state index in [0.717, 1.165) is 18.1 Å². The first-order valence-electron chi connectivity index (χ1n) is 7.17. The highest BCUT2D eigenvalue weighted by Crippen LogP contribution is 2.48. The van der Waals surface area contributed by atoms with E-state index < -0.39 is 0 Å². The van der Waals surface area contributed by atoms with Crippen molar-refractivity contribution in [1.29, 1.82) is 0 Å². The van der Waals surface area contributed by atoms with Gasteiger partial charge in [0, 0.05) is 18.0 Å². The second-order valence-corrected chi connectivity index (χ2v) is 6.15. The van der Waals surface area contributed by atoms with Crippen LogP contribution < -0.4 is 10.5 Å². The standard InChI is InChI=1S/C16H23NO/c1-3-12-6-7-16(9-12)10-14(17)13-8-11(2)4-5-15(13)18-16/h4-5,8,12,14H,3,6-7,9-10,17H2,1-2H3/t12?,14-,16?/m0/s1. The van der Waals surface area contributed by atoms with Crippen molar-refractivity contribution < 1.29 is 4.74 Å². The molecule has 3 atom stereocenters. The molecule has 1 aliphatic carbocycles. The van der Waals surface area contributed by atoms with Crippen LogP contribution in [0.3, 0.4) is 0 Å². The van der Waals surface area contributed by atoms with Crippen molar-refractivity contribution in [3.63, 3.8) is 0 Å². The van der Waals surface area contributed by atoms with Gasteiger partial charge in [-0.05, 0) is 38.2 Å². The Kier molecular flexibility index (Phi) is 2.86. The number of fused-ring (bicyclic) bond motifs is 1. The molecule has 1 spiro atoms. The van der Waals surface area contributed by atoms with E-state index in [1.807, 2.05) is 0 Å². The van der Waals surface area contributed by atoms with E-state index in [1.165, 1.54) is 36.8 Å². The van der Waals surface area contributed by atoms with Gasteiger partial charge in [-0.15, -0.1) is 0 Å². The Balaban J connectivity index is 1.90. The summed E-state index contributed by atoms with van der Waals surface area (Å²) in [6.45, 7) is 4.39. The summed E-state index contributed by atoms with van der Waals surface area (Å²) in [5.41, 5.74) is 8.87. The molecular formula is C16H23NO. The Morgan fingerprint density at radius 3 is 2.94 bits per heavy atom. The summed E-state index contributed by atoms with van der Waals surface area (Å²) in [5, 5.41) is 0. The highest BCUT2D eigenvalue weighted by molar-refractivity contribution is 5.41. The monoisotopic (exact) mass is 245 g/mol. The number of ether oxygens (including phenoxy) is 1. The lowest BCUT2D eigenvalue weighted by molar-refractivity contribution is 0.0384. The van der Waals surface area contributed by atoms with Crippen molar-refractivity contribution >= 4 is 0 Å². The number of benzene rings is 1. The van der Waals surface area contributed by atoms with E-state index in [0.29, 0.717) is 0 Å². The predicted octanol–water partition coefficient (Wildman–Crippen LogP) is 3.73. The minimum atomic E-state index is 0.0301. The summed E-state index contributed by atoms with van der Waals surface area (Å²) in [4.78, 5) is 0. The van der Waals surface area contributed by atoms with Gasteiger partial charge in [0.1, 0.15) is 11.4 Å². The molecule has 2 nitrogen and oxygen atoms in total. The van der Waals surface area contributed by atoms with Crippen LogP contribution in [-0.4, -0.2) is 5.60 Å². The van der Waals surface area contributed by atoms with Crippen LogP contribution in [0.15, 0.2) is 18.2 Å². The van der Waals surface area contributed by atoms with Crippen molar-refractivity contribution in [3.05, 3.63) is 29.3 Å². The van der Waals surface area contributed by atoms with Gasteiger partial charge < -0.3 is 10.5 Å². The normalized spacial score (nSPS) is 34.4. The molecule has 1 aromatic carbocycles. The molecule has 1 heterocycles. The third-order valence-electron chi connectivity index (χ3n) is 4.73. The van der Waals surface area contributed by atoms with Crippen LogP contribution in [-0.2, 0) is 0 Å².